The molecule has 0 aliphatic carbocycles. The number of para-hydroxylation sites is 1. The number of aromatic nitrogens is 2. The zero-order valence-corrected chi connectivity index (χ0v) is 17.1. The van der Waals surface area contributed by atoms with Crippen molar-refractivity contribution in [2.24, 2.45) is 5.92 Å². The van der Waals surface area contributed by atoms with Gasteiger partial charge in [0, 0.05) is 13.1 Å². The largest absolute Gasteiger partial charge is 0.324 e. The predicted molar refractivity (Wildman–Crippen MR) is 109 cm³/mol. The first-order chi connectivity index (χ1) is 13.5. The highest BCUT2D eigenvalue weighted by atomic mass is 35.5. The van der Waals surface area contributed by atoms with Crippen molar-refractivity contribution in [1.82, 2.24) is 13.1 Å². The minimum atomic E-state index is -3.77. The van der Waals surface area contributed by atoms with E-state index in [0.29, 0.717) is 41.1 Å². The average molecular weight is 437 g/mol. The van der Waals surface area contributed by atoms with Gasteiger partial charge in [0.05, 0.1) is 28.4 Å². The molecule has 0 bridgehead atoms. The lowest BCUT2D eigenvalue weighted by Crippen LogP contribution is -2.43. The van der Waals surface area contributed by atoms with Crippen LogP contribution < -0.4 is 5.32 Å². The number of benzene rings is 2. The minimum Gasteiger partial charge on any atom is -0.324 e. The van der Waals surface area contributed by atoms with E-state index in [1.807, 2.05) is 0 Å². The summed E-state index contributed by atoms with van der Waals surface area (Å²) in [7, 11) is -3.77. The molecule has 1 aliphatic rings. The van der Waals surface area contributed by atoms with E-state index in [2.05, 4.69) is 14.1 Å². The zero-order chi connectivity index (χ0) is 19.7. The fourth-order valence-electron chi connectivity index (χ4n) is 3.30. The minimum absolute atomic E-state index is 0.118. The van der Waals surface area contributed by atoms with Gasteiger partial charge < -0.3 is 5.32 Å². The molecule has 3 aromatic rings. The number of carbonyl (C=O) groups is 1. The van der Waals surface area contributed by atoms with E-state index in [4.69, 9.17) is 11.6 Å². The third-order valence-corrected chi connectivity index (χ3v) is 7.52. The molecule has 0 spiro atoms. The highest BCUT2D eigenvalue weighted by Gasteiger charge is 2.34. The number of amides is 1. The molecule has 0 saturated carbocycles. The number of hydrogen-bond acceptors (Lipinski definition) is 6. The molecular weight excluding hydrogens is 420 g/mol. The Bertz CT molecular complexity index is 1130. The van der Waals surface area contributed by atoms with Crippen molar-refractivity contribution >= 4 is 56.0 Å². The summed E-state index contributed by atoms with van der Waals surface area (Å²) in [6, 6.07) is 11.9. The molecule has 7 nitrogen and oxygen atoms in total. The number of piperidine rings is 1. The van der Waals surface area contributed by atoms with Crippen molar-refractivity contribution in [2.45, 2.75) is 17.7 Å². The fourth-order valence-corrected chi connectivity index (χ4v) is 5.76. The lowest BCUT2D eigenvalue weighted by molar-refractivity contribution is -0.120. The second-order valence-corrected chi connectivity index (χ2v) is 9.40. The number of anilines is 1. The van der Waals surface area contributed by atoms with Crippen LogP contribution in [0.15, 0.2) is 47.4 Å². The van der Waals surface area contributed by atoms with Crippen molar-refractivity contribution in [1.29, 1.82) is 0 Å². The van der Waals surface area contributed by atoms with Crippen LogP contribution >= 0.6 is 23.3 Å². The Morgan fingerprint density at radius 2 is 2.00 bits per heavy atom. The molecule has 1 saturated heterocycles. The quantitative estimate of drug-likeness (QED) is 0.676. The summed E-state index contributed by atoms with van der Waals surface area (Å²) in [5.41, 5.74) is 1.44. The van der Waals surface area contributed by atoms with E-state index in [1.54, 1.807) is 36.4 Å². The second kappa shape index (κ2) is 7.75. The maximum absolute atomic E-state index is 13.2. The van der Waals surface area contributed by atoms with E-state index < -0.39 is 15.9 Å². The summed E-state index contributed by atoms with van der Waals surface area (Å²) in [4.78, 5) is 12.8. The molecule has 1 atom stereocenters. The van der Waals surface area contributed by atoms with Crippen molar-refractivity contribution in [3.05, 3.63) is 47.5 Å². The van der Waals surface area contributed by atoms with Gasteiger partial charge in [-0.3, -0.25) is 4.79 Å². The molecule has 1 fully saturated rings. The Kier molecular flexibility index (Phi) is 5.33. The Morgan fingerprint density at radius 3 is 2.82 bits per heavy atom. The molecule has 2 heterocycles. The van der Waals surface area contributed by atoms with Gasteiger partial charge in [-0.05, 0) is 37.1 Å². The second-order valence-electron chi connectivity index (χ2n) is 6.56. The van der Waals surface area contributed by atoms with E-state index in [9.17, 15) is 13.2 Å². The molecule has 28 heavy (non-hydrogen) atoms. The molecule has 1 N–H and O–H groups in total. The van der Waals surface area contributed by atoms with Crippen LogP contribution in [0.5, 0.6) is 0 Å². The number of nitrogens with zero attached hydrogens (tertiary/aromatic N) is 3. The molecule has 1 aromatic heterocycles. The number of rotatable bonds is 4. The monoisotopic (exact) mass is 436 g/mol. The van der Waals surface area contributed by atoms with E-state index in [-0.39, 0.29) is 17.3 Å². The van der Waals surface area contributed by atoms with Gasteiger partial charge >= 0.3 is 0 Å². The van der Waals surface area contributed by atoms with Gasteiger partial charge in [-0.2, -0.15) is 13.1 Å². The summed E-state index contributed by atoms with van der Waals surface area (Å²) in [5, 5.41) is 3.25. The summed E-state index contributed by atoms with van der Waals surface area (Å²) in [5.74, 6) is -0.686. The van der Waals surface area contributed by atoms with Crippen molar-refractivity contribution in [3.8, 4) is 0 Å². The van der Waals surface area contributed by atoms with Gasteiger partial charge in [0.15, 0.2) is 0 Å². The lowest BCUT2D eigenvalue weighted by atomic mass is 9.99. The van der Waals surface area contributed by atoms with Crippen molar-refractivity contribution in [3.63, 3.8) is 0 Å². The Hall–Kier alpha value is -2.07. The molecule has 0 unspecified atom stereocenters. The van der Waals surface area contributed by atoms with Crippen LogP contribution in [0.25, 0.3) is 11.0 Å². The molecule has 1 aliphatic heterocycles. The van der Waals surface area contributed by atoms with Gasteiger partial charge in [-0.1, -0.05) is 29.8 Å². The standard InChI is InChI=1S/C18H17ClN4O3S2/c19-13-6-1-2-7-14(13)20-18(24)12-5-4-10-23(11-12)28(25,26)16-9-3-8-15-17(16)22-27-21-15/h1-3,6-9,12H,4-5,10-11H2,(H,20,24)/t12-/m1/s1. The number of fused-ring (bicyclic) bond motifs is 1. The molecule has 10 heteroatoms. The lowest BCUT2D eigenvalue weighted by Gasteiger charge is -2.31. The zero-order valence-electron chi connectivity index (χ0n) is 14.7. The number of halogens is 1. The van der Waals surface area contributed by atoms with E-state index in [1.165, 1.54) is 10.4 Å². The highest BCUT2D eigenvalue weighted by molar-refractivity contribution is 7.89. The molecule has 2 aromatic carbocycles. The van der Waals surface area contributed by atoms with Gasteiger partial charge in [0.1, 0.15) is 15.9 Å². The van der Waals surface area contributed by atoms with Crippen LogP contribution in [0.1, 0.15) is 12.8 Å². The normalized spacial score (nSPS) is 18.2. The number of sulfonamides is 1. The number of hydrogen-bond donors (Lipinski definition) is 1. The third kappa shape index (κ3) is 3.62. The summed E-state index contributed by atoms with van der Waals surface area (Å²) < 4.78 is 36.0. The first-order valence-corrected chi connectivity index (χ1v) is 11.3. The van der Waals surface area contributed by atoms with Crippen LogP contribution in [-0.4, -0.2) is 40.5 Å². The third-order valence-electron chi connectivity index (χ3n) is 4.75. The number of carbonyl (C=O) groups excluding carboxylic acids is 1. The van der Waals surface area contributed by atoms with Gasteiger partial charge in [0.25, 0.3) is 0 Å². The molecule has 1 amide bonds. The first-order valence-electron chi connectivity index (χ1n) is 8.73. The van der Waals surface area contributed by atoms with Crippen LogP contribution in [0.4, 0.5) is 5.69 Å². The predicted octanol–water partition coefficient (Wildman–Crippen LogP) is 3.38. The molecule has 4 rings (SSSR count). The number of nitrogens with one attached hydrogen (secondary N) is 1. The van der Waals surface area contributed by atoms with Crippen molar-refractivity contribution < 1.29 is 13.2 Å². The van der Waals surface area contributed by atoms with Crippen molar-refractivity contribution in [2.75, 3.05) is 18.4 Å². The molecule has 0 radical (unpaired) electrons. The van der Waals surface area contributed by atoms with Crippen LogP contribution in [0.2, 0.25) is 5.02 Å². The Morgan fingerprint density at radius 1 is 1.18 bits per heavy atom. The topological polar surface area (TPSA) is 92.3 Å². The average Bonchev–Trinajstić information content (AvgIpc) is 3.18. The summed E-state index contributed by atoms with van der Waals surface area (Å²) >= 11 is 7.08. The SMILES string of the molecule is O=C(Nc1ccccc1Cl)[C@@H]1CCCN(S(=O)(=O)c2cccc3nsnc23)C1. The van der Waals surface area contributed by atoms with Gasteiger partial charge in [0.2, 0.25) is 15.9 Å². The summed E-state index contributed by atoms with van der Waals surface area (Å²) in [6.45, 7) is 0.485. The van der Waals surface area contributed by atoms with E-state index in [0.717, 1.165) is 11.7 Å². The van der Waals surface area contributed by atoms with Crippen LogP contribution in [-0.2, 0) is 14.8 Å². The Balaban J connectivity index is 1.55. The Labute approximate surface area is 171 Å². The smallest absolute Gasteiger partial charge is 0.245 e. The van der Waals surface area contributed by atoms with Gasteiger partial charge in [-0.15, -0.1) is 0 Å². The van der Waals surface area contributed by atoms with Crippen LogP contribution in [0, 0.1) is 5.92 Å². The first kappa shape index (κ1) is 19.3. The summed E-state index contributed by atoms with van der Waals surface area (Å²) in [6.07, 6.45) is 1.22. The van der Waals surface area contributed by atoms with Crippen LogP contribution in [0.3, 0.4) is 0 Å². The molecule has 146 valence electrons. The van der Waals surface area contributed by atoms with Gasteiger partial charge in [-0.25, -0.2) is 8.42 Å². The maximum Gasteiger partial charge on any atom is 0.245 e. The molecular formula is C18H17ClN4O3S2. The highest BCUT2D eigenvalue weighted by Crippen LogP contribution is 2.29. The maximum atomic E-state index is 13.2. The van der Waals surface area contributed by atoms with E-state index >= 15 is 0 Å². The fraction of sp³-hybridized carbons (Fsp3) is 0.278.